The van der Waals surface area contributed by atoms with Gasteiger partial charge in [-0.3, -0.25) is 9.78 Å². The van der Waals surface area contributed by atoms with E-state index in [0.717, 1.165) is 16.8 Å². The molecule has 0 aliphatic carbocycles. The number of halogens is 1. The summed E-state index contributed by atoms with van der Waals surface area (Å²) in [6.45, 7) is 3.32. The zero-order valence-corrected chi connectivity index (χ0v) is 13.6. The monoisotopic (exact) mass is 319 g/mol. The van der Waals surface area contributed by atoms with Gasteiger partial charge in [-0.2, -0.15) is 0 Å². The molecular formula is C17H22ClN3O. The Balaban J connectivity index is 0.00000242. The lowest BCUT2D eigenvalue weighted by Gasteiger charge is -2.21. The van der Waals surface area contributed by atoms with Crippen molar-refractivity contribution in [1.29, 1.82) is 0 Å². The van der Waals surface area contributed by atoms with Crippen molar-refractivity contribution >= 4 is 24.0 Å². The van der Waals surface area contributed by atoms with Crippen molar-refractivity contribution in [2.45, 2.75) is 26.3 Å². The lowest BCUT2D eigenvalue weighted by atomic mass is 10.1. The summed E-state index contributed by atoms with van der Waals surface area (Å²) in [7, 11) is 0. The number of para-hydroxylation sites is 1. The minimum absolute atomic E-state index is 0. The number of aromatic nitrogens is 1. The van der Waals surface area contributed by atoms with Gasteiger partial charge in [0.1, 0.15) is 0 Å². The van der Waals surface area contributed by atoms with Gasteiger partial charge in [0.05, 0.1) is 0 Å². The van der Waals surface area contributed by atoms with Crippen LogP contribution in [0, 0.1) is 0 Å². The lowest BCUT2D eigenvalue weighted by Crippen LogP contribution is -2.30. The Morgan fingerprint density at radius 1 is 1.18 bits per heavy atom. The molecule has 0 aliphatic rings. The van der Waals surface area contributed by atoms with Crippen molar-refractivity contribution in [1.82, 2.24) is 9.88 Å². The minimum atomic E-state index is 0. The summed E-state index contributed by atoms with van der Waals surface area (Å²) in [6.07, 6.45) is 4.65. The van der Waals surface area contributed by atoms with Crippen LogP contribution in [-0.4, -0.2) is 22.3 Å². The maximum atomic E-state index is 12.3. The van der Waals surface area contributed by atoms with Crippen LogP contribution in [0.1, 0.15) is 24.5 Å². The van der Waals surface area contributed by atoms with Crippen LogP contribution < -0.4 is 5.73 Å². The summed E-state index contributed by atoms with van der Waals surface area (Å²) in [5.41, 5.74) is 8.79. The number of carbonyl (C=O) groups excluding carboxylic acids is 1. The number of rotatable bonds is 6. The first-order valence-corrected chi connectivity index (χ1v) is 7.20. The van der Waals surface area contributed by atoms with Crippen LogP contribution in [0.4, 0.5) is 5.69 Å². The molecular weight excluding hydrogens is 298 g/mol. The number of hydrogen-bond donors (Lipinski definition) is 1. The Hall–Kier alpha value is -2.07. The highest BCUT2D eigenvalue weighted by Crippen LogP contribution is 2.14. The molecule has 0 radical (unpaired) electrons. The van der Waals surface area contributed by atoms with Gasteiger partial charge in [-0.15, -0.1) is 12.4 Å². The molecule has 0 saturated heterocycles. The molecule has 0 spiro atoms. The number of anilines is 1. The molecule has 1 amide bonds. The van der Waals surface area contributed by atoms with Crippen LogP contribution >= 0.6 is 12.4 Å². The molecule has 4 nitrogen and oxygen atoms in total. The number of carbonyl (C=O) groups is 1. The molecule has 0 saturated carbocycles. The minimum Gasteiger partial charge on any atom is -0.399 e. The lowest BCUT2D eigenvalue weighted by molar-refractivity contribution is -0.131. The molecule has 5 heteroatoms. The fourth-order valence-corrected chi connectivity index (χ4v) is 2.25. The molecule has 1 aromatic heterocycles. The van der Waals surface area contributed by atoms with E-state index in [1.165, 1.54) is 0 Å². The number of aryl methyl sites for hydroxylation is 1. The van der Waals surface area contributed by atoms with Gasteiger partial charge in [0.25, 0.3) is 0 Å². The predicted octanol–water partition coefficient (Wildman–Crippen LogP) is 3.07. The van der Waals surface area contributed by atoms with Crippen LogP contribution in [0.3, 0.4) is 0 Å². The van der Waals surface area contributed by atoms with Crippen molar-refractivity contribution < 1.29 is 4.79 Å². The van der Waals surface area contributed by atoms with Gasteiger partial charge in [0.15, 0.2) is 0 Å². The number of amides is 1. The molecule has 1 aromatic carbocycles. The largest absolute Gasteiger partial charge is 0.399 e. The number of pyridine rings is 1. The molecule has 22 heavy (non-hydrogen) atoms. The molecule has 0 aliphatic heterocycles. The summed E-state index contributed by atoms with van der Waals surface area (Å²) >= 11 is 0. The third-order valence-electron chi connectivity index (χ3n) is 3.52. The summed E-state index contributed by atoms with van der Waals surface area (Å²) in [5, 5.41) is 0. The molecule has 2 rings (SSSR count). The second-order valence-electron chi connectivity index (χ2n) is 4.96. The van der Waals surface area contributed by atoms with Gasteiger partial charge >= 0.3 is 0 Å². The standard InChI is InChI=1S/C17H21N3O.ClH/c1-2-20(13-14-9-11-19-12-10-14)17(21)8-7-15-5-3-4-6-16(15)18;/h3-6,9-12H,2,7-8,13,18H2,1H3;1H. The number of benzene rings is 1. The van der Waals surface area contributed by atoms with Gasteiger partial charge in [-0.25, -0.2) is 0 Å². The van der Waals surface area contributed by atoms with E-state index in [9.17, 15) is 4.79 Å². The van der Waals surface area contributed by atoms with E-state index < -0.39 is 0 Å². The average Bonchev–Trinajstić information content (AvgIpc) is 2.52. The average molecular weight is 320 g/mol. The number of nitrogen functional groups attached to an aromatic ring is 1. The Morgan fingerprint density at radius 2 is 1.86 bits per heavy atom. The van der Waals surface area contributed by atoms with Gasteiger partial charge in [0.2, 0.25) is 5.91 Å². The predicted molar refractivity (Wildman–Crippen MR) is 91.8 cm³/mol. The van der Waals surface area contributed by atoms with Gasteiger partial charge in [-0.1, -0.05) is 18.2 Å². The summed E-state index contributed by atoms with van der Waals surface area (Å²) in [5.74, 6) is 0.151. The molecule has 2 aromatic rings. The van der Waals surface area contributed by atoms with E-state index in [1.807, 2.05) is 48.2 Å². The summed E-state index contributed by atoms with van der Waals surface area (Å²) < 4.78 is 0. The van der Waals surface area contributed by atoms with E-state index in [2.05, 4.69) is 4.98 Å². The van der Waals surface area contributed by atoms with Crippen molar-refractivity contribution in [2.75, 3.05) is 12.3 Å². The van der Waals surface area contributed by atoms with Crippen LogP contribution in [-0.2, 0) is 17.8 Å². The smallest absolute Gasteiger partial charge is 0.223 e. The van der Waals surface area contributed by atoms with E-state index in [4.69, 9.17) is 5.73 Å². The molecule has 1 heterocycles. The Labute approximate surface area is 137 Å². The number of nitrogens with two attached hydrogens (primary N) is 1. The Kier molecular flexibility index (Phi) is 7.40. The fraction of sp³-hybridized carbons (Fsp3) is 0.294. The van der Waals surface area contributed by atoms with Crippen LogP contribution in [0.15, 0.2) is 48.8 Å². The first-order chi connectivity index (χ1) is 10.2. The maximum absolute atomic E-state index is 12.3. The van der Waals surface area contributed by atoms with Gasteiger partial charge in [-0.05, 0) is 42.7 Å². The quantitative estimate of drug-likeness (QED) is 0.832. The Bertz CT molecular complexity index is 589. The molecule has 0 fully saturated rings. The van der Waals surface area contributed by atoms with Gasteiger partial charge in [0, 0.05) is 37.6 Å². The van der Waals surface area contributed by atoms with Crippen molar-refractivity contribution in [3.05, 3.63) is 59.9 Å². The Morgan fingerprint density at radius 3 is 2.50 bits per heavy atom. The summed E-state index contributed by atoms with van der Waals surface area (Å²) in [6, 6.07) is 11.6. The maximum Gasteiger partial charge on any atom is 0.223 e. The topological polar surface area (TPSA) is 59.2 Å². The summed E-state index contributed by atoms with van der Waals surface area (Å²) in [4.78, 5) is 18.2. The van der Waals surface area contributed by atoms with Gasteiger partial charge < -0.3 is 10.6 Å². The molecule has 0 bridgehead atoms. The zero-order valence-electron chi connectivity index (χ0n) is 12.7. The third-order valence-corrected chi connectivity index (χ3v) is 3.52. The highest BCUT2D eigenvalue weighted by Gasteiger charge is 2.12. The molecule has 0 atom stereocenters. The highest BCUT2D eigenvalue weighted by molar-refractivity contribution is 5.85. The van der Waals surface area contributed by atoms with Crippen molar-refractivity contribution in [3.8, 4) is 0 Å². The first-order valence-electron chi connectivity index (χ1n) is 7.20. The number of nitrogens with zero attached hydrogens (tertiary/aromatic N) is 2. The second kappa shape index (κ2) is 9.05. The van der Waals surface area contributed by atoms with Crippen LogP contribution in [0.2, 0.25) is 0 Å². The van der Waals surface area contributed by atoms with Crippen LogP contribution in [0.5, 0.6) is 0 Å². The molecule has 118 valence electrons. The normalized spacial score (nSPS) is 9.86. The first kappa shape index (κ1) is 18.0. The van der Waals surface area contributed by atoms with E-state index in [0.29, 0.717) is 25.9 Å². The molecule has 2 N–H and O–H groups in total. The highest BCUT2D eigenvalue weighted by atomic mass is 35.5. The second-order valence-corrected chi connectivity index (χ2v) is 4.96. The SMILES string of the molecule is CCN(Cc1ccncc1)C(=O)CCc1ccccc1N.Cl. The van der Waals surface area contributed by atoms with Crippen LogP contribution in [0.25, 0.3) is 0 Å². The van der Waals surface area contributed by atoms with Crippen molar-refractivity contribution in [3.63, 3.8) is 0 Å². The molecule has 0 unspecified atom stereocenters. The van der Waals surface area contributed by atoms with E-state index in [1.54, 1.807) is 12.4 Å². The number of hydrogen-bond acceptors (Lipinski definition) is 3. The van der Waals surface area contributed by atoms with E-state index >= 15 is 0 Å². The van der Waals surface area contributed by atoms with Crippen molar-refractivity contribution in [2.24, 2.45) is 0 Å². The fourth-order valence-electron chi connectivity index (χ4n) is 2.25. The van der Waals surface area contributed by atoms with E-state index in [-0.39, 0.29) is 18.3 Å². The zero-order chi connectivity index (χ0) is 15.1. The third kappa shape index (κ3) is 5.04.